The van der Waals surface area contributed by atoms with Crippen LogP contribution in [0.3, 0.4) is 0 Å². The molecule has 2 heterocycles. The van der Waals surface area contributed by atoms with Crippen LogP contribution in [0.4, 0.5) is 0 Å². The van der Waals surface area contributed by atoms with E-state index in [2.05, 4.69) is 5.32 Å². The van der Waals surface area contributed by atoms with Crippen molar-refractivity contribution in [3.05, 3.63) is 0 Å². The normalized spacial score (nSPS) is 50.0. The summed E-state index contributed by atoms with van der Waals surface area (Å²) in [6.07, 6.45) is 3.73. The van der Waals surface area contributed by atoms with Gasteiger partial charge in [0, 0.05) is 12.0 Å². The van der Waals surface area contributed by atoms with Crippen LogP contribution in [0, 0.1) is 11.8 Å². The van der Waals surface area contributed by atoms with Crippen molar-refractivity contribution in [1.29, 1.82) is 0 Å². The fraction of sp³-hybridized carbons (Fsp3) is 0.909. The largest absolute Gasteiger partial charge is 0.393 e. The summed E-state index contributed by atoms with van der Waals surface area (Å²) in [4.78, 5) is 11.3. The summed E-state index contributed by atoms with van der Waals surface area (Å²) in [5.74, 6) is 0.219. The number of hydrogen-bond donors (Lipinski definition) is 2. The zero-order valence-corrected chi connectivity index (χ0v) is 8.85. The van der Waals surface area contributed by atoms with E-state index in [1.807, 2.05) is 0 Å². The Hall–Kier alpha value is -0.610. The molecule has 0 bridgehead atoms. The lowest BCUT2D eigenvalue weighted by Crippen LogP contribution is -2.65. The molecule has 3 aliphatic rings. The standard InChI is InChI=1S/C11H17NO3/c1-5(13)8-9(12-11(8)14)6-3-2-4-7-10(6)15-7/h5-10,13H,2-4H2,1H3,(H,12,14)/t5?,6-,7-,8?,9-,10+/m1/s1. The van der Waals surface area contributed by atoms with Crippen LogP contribution in [0.15, 0.2) is 0 Å². The number of amides is 1. The van der Waals surface area contributed by atoms with E-state index in [1.54, 1.807) is 6.92 Å². The third-order valence-electron chi connectivity index (χ3n) is 4.05. The number of carbonyl (C=O) groups is 1. The number of carbonyl (C=O) groups excluding carboxylic acids is 1. The van der Waals surface area contributed by atoms with Gasteiger partial charge in [-0.3, -0.25) is 4.79 Å². The minimum absolute atomic E-state index is 0.00206. The molecule has 3 rings (SSSR count). The number of hydrogen-bond acceptors (Lipinski definition) is 3. The molecule has 0 spiro atoms. The summed E-state index contributed by atoms with van der Waals surface area (Å²) in [6.45, 7) is 1.70. The molecule has 3 fully saturated rings. The van der Waals surface area contributed by atoms with E-state index in [0.717, 1.165) is 6.42 Å². The van der Waals surface area contributed by atoms with Gasteiger partial charge in [-0.15, -0.1) is 0 Å². The molecule has 2 aliphatic heterocycles. The monoisotopic (exact) mass is 211 g/mol. The van der Waals surface area contributed by atoms with E-state index in [-0.39, 0.29) is 17.9 Å². The molecule has 1 aliphatic carbocycles. The van der Waals surface area contributed by atoms with Crippen molar-refractivity contribution in [2.75, 3.05) is 0 Å². The number of fused-ring (bicyclic) bond motifs is 1. The van der Waals surface area contributed by atoms with Crippen molar-refractivity contribution in [2.45, 2.75) is 50.5 Å². The Bertz CT molecular complexity index is 292. The predicted molar refractivity (Wildman–Crippen MR) is 53.1 cm³/mol. The Morgan fingerprint density at radius 1 is 1.53 bits per heavy atom. The number of rotatable bonds is 2. The van der Waals surface area contributed by atoms with Crippen LogP contribution in [0.25, 0.3) is 0 Å². The number of epoxide rings is 1. The zero-order chi connectivity index (χ0) is 10.6. The Morgan fingerprint density at radius 3 is 3.00 bits per heavy atom. The maximum absolute atomic E-state index is 11.3. The number of β-lactam (4-membered cyclic amide) rings is 1. The molecular weight excluding hydrogens is 194 g/mol. The van der Waals surface area contributed by atoms with Gasteiger partial charge >= 0.3 is 0 Å². The molecule has 1 saturated carbocycles. The van der Waals surface area contributed by atoms with E-state index in [1.165, 1.54) is 12.8 Å². The number of nitrogens with one attached hydrogen (secondary N) is 1. The quantitative estimate of drug-likeness (QED) is 0.501. The first kappa shape index (κ1) is 9.60. The maximum atomic E-state index is 11.3. The summed E-state index contributed by atoms with van der Waals surface area (Å²) < 4.78 is 5.58. The molecule has 0 aromatic carbocycles. The number of ether oxygens (including phenoxy) is 1. The molecule has 1 amide bonds. The van der Waals surface area contributed by atoms with Crippen LogP contribution in [0.2, 0.25) is 0 Å². The van der Waals surface area contributed by atoms with Crippen LogP contribution in [0.5, 0.6) is 0 Å². The van der Waals surface area contributed by atoms with Gasteiger partial charge in [0.1, 0.15) is 0 Å². The SMILES string of the molecule is CC(O)C1C(=O)N[C@@H]1[C@H]1CCC[C@H]2O[C@@H]12. The molecule has 0 aromatic rings. The van der Waals surface area contributed by atoms with E-state index >= 15 is 0 Å². The predicted octanol–water partition coefficient (Wildman–Crippen LogP) is 0.0493. The smallest absolute Gasteiger partial charge is 0.228 e. The van der Waals surface area contributed by atoms with E-state index < -0.39 is 6.10 Å². The topological polar surface area (TPSA) is 61.9 Å². The molecule has 84 valence electrons. The average Bonchev–Trinajstić information content (AvgIpc) is 2.90. The first-order chi connectivity index (χ1) is 7.18. The lowest BCUT2D eigenvalue weighted by Gasteiger charge is -2.43. The van der Waals surface area contributed by atoms with Gasteiger partial charge in [-0.1, -0.05) is 6.42 Å². The van der Waals surface area contributed by atoms with E-state index in [4.69, 9.17) is 4.74 Å². The van der Waals surface area contributed by atoms with Crippen molar-refractivity contribution >= 4 is 5.91 Å². The van der Waals surface area contributed by atoms with Gasteiger partial charge < -0.3 is 15.2 Å². The minimum atomic E-state index is -0.539. The highest BCUT2D eigenvalue weighted by molar-refractivity contribution is 5.86. The van der Waals surface area contributed by atoms with Crippen LogP contribution in [0.1, 0.15) is 26.2 Å². The van der Waals surface area contributed by atoms with E-state index in [0.29, 0.717) is 18.1 Å². The summed E-state index contributed by atoms with van der Waals surface area (Å²) >= 11 is 0. The summed E-state index contributed by atoms with van der Waals surface area (Å²) in [5, 5.41) is 12.5. The van der Waals surface area contributed by atoms with Crippen LogP contribution >= 0.6 is 0 Å². The number of aliphatic hydroxyl groups is 1. The minimum Gasteiger partial charge on any atom is -0.393 e. The zero-order valence-electron chi connectivity index (χ0n) is 8.85. The van der Waals surface area contributed by atoms with Crippen LogP contribution in [-0.2, 0) is 9.53 Å². The summed E-state index contributed by atoms with van der Waals surface area (Å²) in [7, 11) is 0. The van der Waals surface area contributed by atoms with Crippen LogP contribution < -0.4 is 5.32 Å². The molecule has 0 aromatic heterocycles. The highest BCUT2D eigenvalue weighted by Crippen LogP contribution is 2.45. The lowest BCUT2D eigenvalue weighted by atomic mass is 9.72. The van der Waals surface area contributed by atoms with Crippen LogP contribution in [-0.4, -0.2) is 35.4 Å². The third-order valence-corrected chi connectivity index (χ3v) is 4.05. The fourth-order valence-corrected chi connectivity index (χ4v) is 3.18. The highest BCUT2D eigenvalue weighted by atomic mass is 16.6. The third kappa shape index (κ3) is 1.39. The summed E-state index contributed by atoms with van der Waals surface area (Å²) in [5.41, 5.74) is 0. The molecule has 4 heteroatoms. The van der Waals surface area contributed by atoms with Gasteiger partial charge in [-0.05, 0) is 19.8 Å². The van der Waals surface area contributed by atoms with Gasteiger partial charge in [-0.25, -0.2) is 0 Å². The Morgan fingerprint density at radius 2 is 2.33 bits per heavy atom. The molecule has 6 atom stereocenters. The lowest BCUT2D eigenvalue weighted by molar-refractivity contribution is -0.143. The Labute approximate surface area is 89.0 Å². The summed E-state index contributed by atoms with van der Waals surface area (Å²) in [6, 6.07) is 0.146. The van der Waals surface area contributed by atoms with Crippen molar-refractivity contribution in [3.8, 4) is 0 Å². The molecule has 0 radical (unpaired) electrons. The second-order valence-electron chi connectivity index (χ2n) is 5.03. The van der Waals surface area contributed by atoms with Crippen molar-refractivity contribution in [2.24, 2.45) is 11.8 Å². The second-order valence-corrected chi connectivity index (χ2v) is 5.03. The molecule has 4 nitrogen and oxygen atoms in total. The van der Waals surface area contributed by atoms with E-state index in [9.17, 15) is 9.90 Å². The van der Waals surface area contributed by atoms with Crippen molar-refractivity contribution in [3.63, 3.8) is 0 Å². The average molecular weight is 211 g/mol. The van der Waals surface area contributed by atoms with Gasteiger partial charge in [-0.2, -0.15) is 0 Å². The first-order valence-corrected chi connectivity index (χ1v) is 5.82. The van der Waals surface area contributed by atoms with Crippen molar-refractivity contribution < 1.29 is 14.6 Å². The van der Waals surface area contributed by atoms with Gasteiger partial charge in [0.2, 0.25) is 5.91 Å². The molecule has 2 saturated heterocycles. The highest BCUT2D eigenvalue weighted by Gasteiger charge is 2.56. The molecule has 15 heavy (non-hydrogen) atoms. The van der Waals surface area contributed by atoms with Crippen molar-refractivity contribution in [1.82, 2.24) is 5.32 Å². The van der Waals surface area contributed by atoms with Gasteiger partial charge in [0.15, 0.2) is 0 Å². The Kier molecular flexibility index (Phi) is 2.04. The maximum Gasteiger partial charge on any atom is 0.228 e. The van der Waals surface area contributed by atoms with Gasteiger partial charge in [0.05, 0.1) is 24.2 Å². The fourth-order valence-electron chi connectivity index (χ4n) is 3.18. The second kappa shape index (κ2) is 3.19. The Balaban J connectivity index is 1.69. The molecule has 2 N–H and O–H groups in total. The number of aliphatic hydroxyl groups excluding tert-OH is 1. The first-order valence-electron chi connectivity index (χ1n) is 5.82. The van der Waals surface area contributed by atoms with Gasteiger partial charge in [0.25, 0.3) is 0 Å². The molecule has 2 unspecified atom stereocenters. The molecular formula is C11H17NO3.